The number of hydrogen-bond donors (Lipinski definition) is 1. The second kappa shape index (κ2) is 4.64. The van der Waals surface area contributed by atoms with Gasteiger partial charge in [0.25, 0.3) is 0 Å². The molecule has 18 heavy (non-hydrogen) atoms. The zero-order chi connectivity index (χ0) is 13.4. The molecule has 1 aromatic carbocycles. The van der Waals surface area contributed by atoms with Gasteiger partial charge in [0, 0.05) is 18.6 Å². The lowest BCUT2D eigenvalue weighted by Gasteiger charge is -2.44. The highest BCUT2D eigenvalue weighted by molar-refractivity contribution is 7.89. The van der Waals surface area contributed by atoms with E-state index in [-0.39, 0.29) is 5.54 Å². The first kappa shape index (κ1) is 13.5. The first-order valence-electron chi connectivity index (χ1n) is 6.23. The molecule has 4 nitrogen and oxygen atoms in total. The molecule has 0 amide bonds. The fourth-order valence-electron chi connectivity index (χ4n) is 2.20. The molecule has 1 aliphatic rings. The van der Waals surface area contributed by atoms with E-state index in [0.717, 1.165) is 12.8 Å². The fourth-order valence-corrected chi connectivity index (χ4v) is 3.90. The Kier molecular flexibility index (Phi) is 3.49. The summed E-state index contributed by atoms with van der Waals surface area (Å²) in [6, 6.07) is 7.15. The molecule has 5 heteroatoms. The molecule has 1 heterocycles. The largest absolute Gasteiger partial charge is 0.323 e. The molecule has 0 spiro atoms. The summed E-state index contributed by atoms with van der Waals surface area (Å²) in [6.45, 7) is 4.76. The van der Waals surface area contributed by atoms with Crippen molar-refractivity contribution >= 4 is 10.0 Å². The molecule has 2 rings (SSSR count). The van der Waals surface area contributed by atoms with Crippen molar-refractivity contribution in [2.75, 3.05) is 13.1 Å². The van der Waals surface area contributed by atoms with Gasteiger partial charge in [-0.05, 0) is 31.0 Å². The van der Waals surface area contributed by atoms with E-state index in [2.05, 4.69) is 6.92 Å². The summed E-state index contributed by atoms with van der Waals surface area (Å²) in [5.74, 6) is 0. The molecule has 0 radical (unpaired) electrons. The maximum atomic E-state index is 12.2. The monoisotopic (exact) mass is 268 g/mol. The summed E-state index contributed by atoms with van der Waals surface area (Å²) in [5.41, 5.74) is 6.63. The summed E-state index contributed by atoms with van der Waals surface area (Å²) < 4.78 is 25.9. The zero-order valence-electron chi connectivity index (χ0n) is 10.9. The summed E-state index contributed by atoms with van der Waals surface area (Å²) in [5, 5.41) is 0. The molecule has 0 saturated carbocycles. The molecule has 1 saturated heterocycles. The maximum absolute atomic E-state index is 12.2. The number of nitrogens with zero attached hydrogens (tertiary/aromatic N) is 1. The van der Waals surface area contributed by atoms with Crippen LogP contribution in [0.3, 0.4) is 0 Å². The fraction of sp³-hybridized carbons (Fsp3) is 0.538. The summed E-state index contributed by atoms with van der Waals surface area (Å²) in [4.78, 5) is 0.359. The summed E-state index contributed by atoms with van der Waals surface area (Å²) in [7, 11) is -3.35. The predicted octanol–water partition coefficient (Wildman–Crippen LogP) is 1.36. The molecule has 0 aliphatic carbocycles. The van der Waals surface area contributed by atoms with E-state index >= 15 is 0 Å². The number of aryl methyl sites for hydroxylation is 1. The second-order valence-electron chi connectivity index (χ2n) is 5.32. The molecule has 100 valence electrons. The average molecular weight is 268 g/mol. The molecule has 1 aromatic rings. The van der Waals surface area contributed by atoms with Crippen molar-refractivity contribution in [1.82, 2.24) is 4.31 Å². The van der Waals surface area contributed by atoms with E-state index in [0.29, 0.717) is 18.0 Å². The lowest BCUT2D eigenvalue weighted by molar-refractivity contribution is 0.176. The van der Waals surface area contributed by atoms with Crippen LogP contribution >= 0.6 is 0 Å². The Morgan fingerprint density at radius 3 is 2.28 bits per heavy atom. The van der Waals surface area contributed by atoms with Crippen molar-refractivity contribution in [1.29, 1.82) is 0 Å². The Bertz CT molecular complexity index is 512. The molecular formula is C13H20N2O2S. The lowest BCUT2D eigenvalue weighted by atomic mass is 9.97. The highest BCUT2D eigenvalue weighted by Gasteiger charge is 2.42. The number of benzene rings is 1. The molecular weight excluding hydrogens is 248 g/mol. The van der Waals surface area contributed by atoms with Crippen molar-refractivity contribution in [3.63, 3.8) is 0 Å². The van der Waals surface area contributed by atoms with Crippen molar-refractivity contribution < 1.29 is 8.42 Å². The van der Waals surface area contributed by atoms with Gasteiger partial charge in [0.2, 0.25) is 10.0 Å². The third-order valence-corrected chi connectivity index (χ3v) is 4.98. The molecule has 0 unspecified atom stereocenters. The predicted molar refractivity (Wildman–Crippen MR) is 71.8 cm³/mol. The van der Waals surface area contributed by atoms with Crippen molar-refractivity contribution in [2.24, 2.45) is 5.73 Å². The topological polar surface area (TPSA) is 63.4 Å². The van der Waals surface area contributed by atoms with Gasteiger partial charge in [-0.25, -0.2) is 8.42 Å². The smallest absolute Gasteiger partial charge is 0.243 e. The van der Waals surface area contributed by atoms with Crippen LogP contribution < -0.4 is 5.73 Å². The third-order valence-electron chi connectivity index (χ3n) is 3.17. The Hall–Kier alpha value is -0.910. The Labute approximate surface area is 109 Å². The first-order chi connectivity index (χ1) is 8.35. The normalized spacial score (nSPS) is 19.5. The third kappa shape index (κ3) is 2.58. The van der Waals surface area contributed by atoms with Crippen LogP contribution in [0.2, 0.25) is 0 Å². The van der Waals surface area contributed by atoms with Gasteiger partial charge in [0.15, 0.2) is 0 Å². The van der Waals surface area contributed by atoms with Gasteiger partial charge in [-0.3, -0.25) is 0 Å². The zero-order valence-corrected chi connectivity index (χ0v) is 11.7. The molecule has 1 fully saturated rings. The first-order valence-corrected chi connectivity index (χ1v) is 7.67. The SMILES string of the molecule is CCCc1ccc(S(=O)(=O)N2CC(C)(N)C2)cc1. The van der Waals surface area contributed by atoms with E-state index in [4.69, 9.17) is 5.73 Å². The Balaban J connectivity index is 2.16. The van der Waals surface area contributed by atoms with Crippen LogP contribution in [-0.4, -0.2) is 31.4 Å². The average Bonchev–Trinajstić information content (AvgIpc) is 2.27. The minimum absolute atomic E-state index is 0.359. The van der Waals surface area contributed by atoms with E-state index in [1.165, 1.54) is 9.87 Å². The number of hydrogen-bond acceptors (Lipinski definition) is 3. The van der Waals surface area contributed by atoms with Crippen LogP contribution in [0.5, 0.6) is 0 Å². The van der Waals surface area contributed by atoms with Crippen LogP contribution in [0.25, 0.3) is 0 Å². The summed E-state index contributed by atoms with van der Waals surface area (Å²) >= 11 is 0. The van der Waals surface area contributed by atoms with Gasteiger partial charge in [-0.15, -0.1) is 0 Å². The van der Waals surface area contributed by atoms with E-state index in [1.807, 2.05) is 19.1 Å². The van der Waals surface area contributed by atoms with Crippen LogP contribution in [0.1, 0.15) is 25.8 Å². The lowest BCUT2D eigenvalue weighted by Crippen LogP contribution is -2.66. The van der Waals surface area contributed by atoms with Gasteiger partial charge < -0.3 is 5.73 Å². The van der Waals surface area contributed by atoms with Crippen molar-refractivity contribution in [2.45, 2.75) is 37.1 Å². The van der Waals surface area contributed by atoms with Crippen LogP contribution in [0.4, 0.5) is 0 Å². The van der Waals surface area contributed by atoms with Gasteiger partial charge in [-0.1, -0.05) is 25.5 Å². The molecule has 0 bridgehead atoms. The van der Waals surface area contributed by atoms with Crippen molar-refractivity contribution in [3.05, 3.63) is 29.8 Å². The quantitative estimate of drug-likeness (QED) is 0.897. The minimum Gasteiger partial charge on any atom is -0.323 e. The van der Waals surface area contributed by atoms with Gasteiger partial charge in [0.1, 0.15) is 0 Å². The highest BCUT2D eigenvalue weighted by Crippen LogP contribution is 2.26. The second-order valence-corrected chi connectivity index (χ2v) is 7.26. The number of nitrogens with two attached hydrogens (primary N) is 1. The maximum Gasteiger partial charge on any atom is 0.243 e. The van der Waals surface area contributed by atoms with Gasteiger partial charge in [0.05, 0.1) is 4.90 Å². The number of rotatable bonds is 4. The van der Waals surface area contributed by atoms with Crippen LogP contribution in [0.15, 0.2) is 29.2 Å². The molecule has 2 N–H and O–H groups in total. The van der Waals surface area contributed by atoms with Crippen molar-refractivity contribution in [3.8, 4) is 0 Å². The standard InChI is InChI=1S/C13H20N2O2S/c1-3-4-11-5-7-12(8-6-11)18(16,17)15-9-13(2,14)10-15/h5-8H,3-4,9-10,14H2,1-2H3. The minimum atomic E-state index is -3.35. The van der Waals surface area contributed by atoms with E-state index in [1.54, 1.807) is 12.1 Å². The van der Waals surface area contributed by atoms with Gasteiger partial charge >= 0.3 is 0 Å². The molecule has 0 aromatic heterocycles. The molecule has 1 aliphatic heterocycles. The van der Waals surface area contributed by atoms with Gasteiger partial charge in [-0.2, -0.15) is 4.31 Å². The van der Waals surface area contributed by atoms with E-state index < -0.39 is 10.0 Å². The summed E-state index contributed by atoms with van der Waals surface area (Å²) in [6.07, 6.45) is 2.04. The Morgan fingerprint density at radius 2 is 1.83 bits per heavy atom. The molecule has 0 atom stereocenters. The van der Waals surface area contributed by atoms with Crippen LogP contribution in [-0.2, 0) is 16.4 Å². The highest BCUT2D eigenvalue weighted by atomic mass is 32.2. The Morgan fingerprint density at radius 1 is 1.28 bits per heavy atom. The number of sulfonamides is 1. The van der Waals surface area contributed by atoms with Crippen LogP contribution in [0, 0.1) is 0 Å². The van der Waals surface area contributed by atoms with E-state index in [9.17, 15) is 8.42 Å².